The third kappa shape index (κ3) is 3.82. The number of anilines is 1. The molecule has 0 unspecified atom stereocenters. The van der Waals surface area contributed by atoms with E-state index in [0.29, 0.717) is 29.1 Å². The number of benzene rings is 1. The number of carbonyl (C=O) groups excluding carboxylic acids is 2. The zero-order valence-corrected chi connectivity index (χ0v) is 14.3. The first kappa shape index (κ1) is 17.7. The topological polar surface area (TPSA) is 60.3 Å². The first-order valence-electron chi connectivity index (χ1n) is 7.73. The summed E-state index contributed by atoms with van der Waals surface area (Å²) < 4.78 is 20.3. The maximum absolute atomic E-state index is 13.5. The fraction of sp³-hybridized carbons (Fsp3) is 0.333. The number of rotatable bonds is 5. The van der Waals surface area contributed by atoms with Crippen LogP contribution in [0.2, 0.25) is 0 Å². The number of nitrogens with one attached hydrogen (secondary N) is 1. The van der Waals surface area contributed by atoms with Gasteiger partial charge in [0.15, 0.2) is 0 Å². The van der Waals surface area contributed by atoms with Crippen molar-refractivity contribution >= 4 is 17.6 Å². The summed E-state index contributed by atoms with van der Waals surface area (Å²) in [5, 5.41) is 2.66. The van der Waals surface area contributed by atoms with E-state index in [1.807, 2.05) is 6.92 Å². The predicted octanol–water partition coefficient (Wildman–Crippen LogP) is 3.37. The van der Waals surface area contributed by atoms with Gasteiger partial charge in [0, 0.05) is 17.1 Å². The van der Waals surface area contributed by atoms with Crippen LogP contribution in [-0.4, -0.2) is 23.1 Å². The molecule has 128 valence electrons. The second-order valence-corrected chi connectivity index (χ2v) is 5.60. The molecule has 0 fully saturated rings. The van der Waals surface area contributed by atoms with Crippen molar-refractivity contribution in [3.63, 3.8) is 0 Å². The minimum atomic E-state index is -0.405. The Morgan fingerprint density at radius 3 is 2.54 bits per heavy atom. The summed E-state index contributed by atoms with van der Waals surface area (Å²) in [6, 6.07) is 6.24. The van der Waals surface area contributed by atoms with Crippen LogP contribution in [0.1, 0.15) is 34.2 Å². The SMILES string of the molecule is CCOC(=O)c1cc(C)n(CC(=O)Nc2ccc(C)c(F)c2)c1C. The van der Waals surface area contributed by atoms with Crippen LogP contribution in [0.4, 0.5) is 10.1 Å². The molecule has 1 heterocycles. The van der Waals surface area contributed by atoms with E-state index >= 15 is 0 Å². The predicted molar refractivity (Wildman–Crippen MR) is 89.6 cm³/mol. The van der Waals surface area contributed by atoms with Crippen molar-refractivity contribution < 1.29 is 18.7 Å². The molecule has 1 amide bonds. The monoisotopic (exact) mass is 332 g/mol. The molecule has 0 aliphatic heterocycles. The largest absolute Gasteiger partial charge is 0.462 e. The summed E-state index contributed by atoms with van der Waals surface area (Å²) >= 11 is 0. The smallest absolute Gasteiger partial charge is 0.339 e. The number of amides is 1. The quantitative estimate of drug-likeness (QED) is 0.854. The normalized spacial score (nSPS) is 10.5. The van der Waals surface area contributed by atoms with Crippen molar-refractivity contribution in [3.8, 4) is 0 Å². The Labute approximate surface area is 140 Å². The average molecular weight is 332 g/mol. The third-order valence-corrected chi connectivity index (χ3v) is 3.83. The van der Waals surface area contributed by atoms with Crippen LogP contribution in [0.5, 0.6) is 0 Å². The van der Waals surface area contributed by atoms with Gasteiger partial charge in [0.05, 0.1) is 12.2 Å². The summed E-state index contributed by atoms with van der Waals surface area (Å²) in [7, 11) is 0. The lowest BCUT2D eigenvalue weighted by atomic mass is 10.2. The maximum atomic E-state index is 13.5. The van der Waals surface area contributed by atoms with E-state index in [1.165, 1.54) is 6.07 Å². The number of aryl methyl sites for hydroxylation is 2. The Bertz CT molecular complexity index is 781. The molecule has 0 saturated carbocycles. The molecule has 6 heteroatoms. The van der Waals surface area contributed by atoms with Gasteiger partial charge in [-0.3, -0.25) is 4.79 Å². The van der Waals surface area contributed by atoms with Crippen molar-refractivity contribution in [1.29, 1.82) is 0 Å². The number of esters is 1. The molecular formula is C18H21FN2O3. The molecule has 0 atom stereocenters. The van der Waals surface area contributed by atoms with Crippen LogP contribution < -0.4 is 5.32 Å². The van der Waals surface area contributed by atoms with Gasteiger partial charge in [0.2, 0.25) is 5.91 Å². The van der Waals surface area contributed by atoms with Gasteiger partial charge in [-0.05, 0) is 51.5 Å². The number of halogens is 1. The highest BCUT2D eigenvalue weighted by molar-refractivity contribution is 5.93. The van der Waals surface area contributed by atoms with Gasteiger partial charge < -0.3 is 14.6 Å². The van der Waals surface area contributed by atoms with Gasteiger partial charge in [-0.1, -0.05) is 6.07 Å². The minimum Gasteiger partial charge on any atom is -0.462 e. The molecule has 24 heavy (non-hydrogen) atoms. The Kier molecular flexibility index (Phi) is 5.39. The number of carbonyl (C=O) groups is 2. The van der Waals surface area contributed by atoms with Gasteiger partial charge in [-0.2, -0.15) is 0 Å². The molecule has 0 spiro atoms. The van der Waals surface area contributed by atoms with Crippen LogP contribution in [0.25, 0.3) is 0 Å². The summed E-state index contributed by atoms with van der Waals surface area (Å²) in [6.07, 6.45) is 0. The molecule has 0 aliphatic rings. The molecule has 1 aromatic carbocycles. The summed E-state index contributed by atoms with van der Waals surface area (Å²) in [5.41, 5.74) is 2.81. The molecule has 2 aromatic rings. The fourth-order valence-corrected chi connectivity index (χ4v) is 2.47. The Morgan fingerprint density at radius 1 is 1.21 bits per heavy atom. The molecule has 0 aliphatic carbocycles. The number of ether oxygens (including phenoxy) is 1. The molecular weight excluding hydrogens is 311 g/mol. The lowest BCUT2D eigenvalue weighted by Gasteiger charge is -2.11. The van der Waals surface area contributed by atoms with E-state index in [-0.39, 0.29) is 18.3 Å². The third-order valence-electron chi connectivity index (χ3n) is 3.83. The number of hydrogen-bond donors (Lipinski definition) is 1. The molecule has 1 N–H and O–H groups in total. The van der Waals surface area contributed by atoms with Gasteiger partial charge in [-0.25, -0.2) is 9.18 Å². The molecule has 5 nitrogen and oxygen atoms in total. The van der Waals surface area contributed by atoms with Crippen molar-refractivity contribution in [2.75, 3.05) is 11.9 Å². The Morgan fingerprint density at radius 2 is 1.92 bits per heavy atom. The number of hydrogen-bond acceptors (Lipinski definition) is 3. The van der Waals surface area contributed by atoms with Crippen LogP contribution in [0, 0.1) is 26.6 Å². The van der Waals surface area contributed by atoms with E-state index in [9.17, 15) is 14.0 Å². The van der Waals surface area contributed by atoms with E-state index in [4.69, 9.17) is 4.74 Å². The minimum absolute atomic E-state index is 0.0343. The molecule has 0 saturated heterocycles. The van der Waals surface area contributed by atoms with E-state index in [0.717, 1.165) is 5.69 Å². The number of nitrogens with zero attached hydrogens (tertiary/aromatic N) is 1. The van der Waals surface area contributed by atoms with E-state index in [2.05, 4.69) is 5.32 Å². The van der Waals surface area contributed by atoms with Crippen molar-refractivity contribution in [2.24, 2.45) is 0 Å². The van der Waals surface area contributed by atoms with Crippen LogP contribution in [0.3, 0.4) is 0 Å². The first-order chi connectivity index (χ1) is 11.3. The lowest BCUT2D eigenvalue weighted by Crippen LogP contribution is -2.20. The Hall–Kier alpha value is -2.63. The highest BCUT2D eigenvalue weighted by Crippen LogP contribution is 2.17. The highest BCUT2D eigenvalue weighted by Gasteiger charge is 2.18. The van der Waals surface area contributed by atoms with Crippen LogP contribution >= 0.6 is 0 Å². The standard InChI is InChI=1S/C18H21FN2O3/c1-5-24-18(23)15-8-12(3)21(13(15)4)10-17(22)20-14-7-6-11(2)16(19)9-14/h6-9H,5,10H2,1-4H3,(H,20,22). The number of aromatic nitrogens is 1. The first-order valence-corrected chi connectivity index (χ1v) is 7.73. The fourth-order valence-electron chi connectivity index (χ4n) is 2.47. The maximum Gasteiger partial charge on any atom is 0.339 e. The van der Waals surface area contributed by atoms with E-state index in [1.54, 1.807) is 43.5 Å². The second-order valence-electron chi connectivity index (χ2n) is 5.60. The van der Waals surface area contributed by atoms with Crippen molar-refractivity contribution in [2.45, 2.75) is 34.2 Å². The van der Waals surface area contributed by atoms with Crippen LogP contribution in [0.15, 0.2) is 24.3 Å². The lowest BCUT2D eigenvalue weighted by molar-refractivity contribution is -0.116. The van der Waals surface area contributed by atoms with Crippen molar-refractivity contribution in [3.05, 3.63) is 52.6 Å². The van der Waals surface area contributed by atoms with Gasteiger partial charge in [0.1, 0.15) is 12.4 Å². The van der Waals surface area contributed by atoms with Crippen LogP contribution in [-0.2, 0) is 16.1 Å². The average Bonchev–Trinajstić information content (AvgIpc) is 2.79. The second kappa shape index (κ2) is 7.29. The van der Waals surface area contributed by atoms with Crippen molar-refractivity contribution in [1.82, 2.24) is 4.57 Å². The van der Waals surface area contributed by atoms with E-state index < -0.39 is 5.97 Å². The van der Waals surface area contributed by atoms with Gasteiger partial charge in [0.25, 0.3) is 0 Å². The zero-order valence-electron chi connectivity index (χ0n) is 14.3. The summed E-state index contributed by atoms with van der Waals surface area (Å²) in [4.78, 5) is 24.1. The van der Waals surface area contributed by atoms with Gasteiger partial charge in [-0.15, -0.1) is 0 Å². The zero-order chi connectivity index (χ0) is 17.9. The molecule has 1 aromatic heterocycles. The highest BCUT2D eigenvalue weighted by atomic mass is 19.1. The Balaban J connectivity index is 2.14. The van der Waals surface area contributed by atoms with Gasteiger partial charge >= 0.3 is 5.97 Å². The summed E-state index contributed by atoms with van der Waals surface area (Å²) in [5.74, 6) is -1.07. The molecule has 0 bridgehead atoms. The molecule has 0 radical (unpaired) electrons. The molecule has 2 rings (SSSR count). The summed E-state index contributed by atoms with van der Waals surface area (Å²) in [6.45, 7) is 7.30.